The molecule has 0 N–H and O–H groups in total. The number of para-hydroxylation sites is 3. The summed E-state index contributed by atoms with van der Waals surface area (Å²) in [6.45, 7) is 2.33. The number of hydrogen-bond donors (Lipinski definition) is 0. The van der Waals surface area contributed by atoms with Crippen LogP contribution in [0.4, 0.5) is 0 Å². The first kappa shape index (κ1) is 34.6. The van der Waals surface area contributed by atoms with E-state index in [9.17, 15) is 0 Å². The molecule has 3 heterocycles. The van der Waals surface area contributed by atoms with Gasteiger partial charge in [0.15, 0.2) is 0 Å². The van der Waals surface area contributed by atoms with E-state index in [1.807, 2.05) is 0 Å². The van der Waals surface area contributed by atoms with Crippen LogP contribution in [0.15, 0.2) is 188 Å². The van der Waals surface area contributed by atoms with Crippen LogP contribution in [0.5, 0.6) is 0 Å². The van der Waals surface area contributed by atoms with Crippen LogP contribution in [0.2, 0.25) is 0 Å². The summed E-state index contributed by atoms with van der Waals surface area (Å²) in [6, 6.07) is 66.5. The quantitative estimate of drug-likeness (QED) is 0.132. The Balaban J connectivity index is 0.998. The Morgan fingerprint density at radius 2 is 1.00 bits per heavy atom. The Labute approximate surface area is 362 Å². The van der Waals surface area contributed by atoms with Crippen molar-refractivity contribution in [2.24, 2.45) is 0 Å². The van der Waals surface area contributed by atoms with Crippen LogP contribution in [0.3, 0.4) is 0 Å². The predicted molar refractivity (Wildman–Crippen MR) is 266 cm³/mol. The molecule has 1 atom stereocenters. The third-order valence-corrected chi connectivity index (χ3v) is 13.8. The average Bonchev–Trinajstić information content (AvgIpc) is 3.87. The lowest BCUT2D eigenvalue weighted by molar-refractivity contribution is 0.778. The molecule has 10 aromatic carbocycles. The molecule has 3 aromatic heterocycles. The van der Waals surface area contributed by atoms with E-state index in [1.165, 1.54) is 70.9 Å². The second-order valence-electron chi connectivity index (χ2n) is 17.3. The van der Waals surface area contributed by atoms with Crippen LogP contribution >= 0.6 is 0 Å². The molecule has 1 unspecified atom stereocenters. The number of aromatic nitrogens is 4. The second-order valence-corrected chi connectivity index (χ2v) is 17.3. The first-order valence-electron chi connectivity index (χ1n) is 22.0. The van der Waals surface area contributed by atoms with E-state index < -0.39 is 0 Å². The highest BCUT2D eigenvalue weighted by Crippen LogP contribution is 2.45. The van der Waals surface area contributed by atoms with Gasteiger partial charge in [-0.2, -0.15) is 0 Å². The third-order valence-electron chi connectivity index (χ3n) is 13.8. The van der Waals surface area contributed by atoms with Gasteiger partial charge in [0.25, 0.3) is 0 Å². The molecule has 63 heavy (non-hydrogen) atoms. The fourth-order valence-corrected chi connectivity index (χ4v) is 11.1. The summed E-state index contributed by atoms with van der Waals surface area (Å²) in [6.07, 6.45) is 5.61. The van der Waals surface area contributed by atoms with Gasteiger partial charge in [-0.05, 0) is 99.3 Å². The van der Waals surface area contributed by atoms with Crippen molar-refractivity contribution >= 4 is 104 Å². The van der Waals surface area contributed by atoms with Gasteiger partial charge in [-0.15, -0.1) is 0 Å². The Morgan fingerprint density at radius 1 is 0.413 bits per heavy atom. The Bertz CT molecular complexity index is 4130. The summed E-state index contributed by atoms with van der Waals surface area (Å²) in [5.41, 5.74) is 15.9. The van der Waals surface area contributed by atoms with Gasteiger partial charge in [0, 0.05) is 49.1 Å². The molecule has 0 bridgehead atoms. The Kier molecular flexibility index (Phi) is 7.12. The molecule has 4 heteroatoms. The number of hydrogen-bond acceptors (Lipinski definition) is 2. The maximum absolute atomic E-state index is 5.64. The smallest absolute Gasteiger partial charge is 0.0979 e. The van der Waals surface area contributed by atoms with Crippen LogP contribution in [0, 0.1) is 0 Å². The van der Waals surface area contributed by atoms with Crippen LogP contribution in [-0.2, 0) is 0 Å². The zero-order chi connectivity index (χ0) is 41.3. The minimum absolute atomic E-state index is 0.351. The zero-order valence-corrected chi connectivity index (χ0v) is 34.5. The highest BCUT2D eigenvalue weighted by atomic mass is 15.0. The summed E-state index contributed by atoms with van der Waals surface area (Å²) < 4.78 is 4.90. The number of rotatable bonds is 3. The number of nitrogens with zero attached hydrogens (tertiary/aromatic N) is 4. The lowest BCUT2D eigenvalue weighted by Crippen LogP contribution is -2.05. The van der Waals surface area contributed by atoms with Gasteiger partial charge in [-0.1, -0.05) is 153 Å². The van der Waals surface area contributed by atoms with Gasteiger partial charge in [0.2, 0.25) is 0 Å². The first-order chi connectivity index (χ1) is 31.2. The molecule has 0 fully saturated rings. The van der Waals surface area contributed by atoms with Gasteiger partial charge in [0.05, 0.1) is 44.1 Å². The second kappa shape index (κ2) is 13.0. The molecule has 0 saturated heterocycles. The summed E-state index contributed by atoms with van der Waals surface area (Å²) in [7, 11) is 0. The van der Waals surface area contributed by atoms with E-state index in [-0.39, 0.29) is 0 Å². The maximum atomic E-state index is 5.64. The van der Waals surface area contributed by atoms with Crippen LogP contribution in [0.25, 0.3) is 127 Å². The molecule has 294 valence electrons. The Hall–Kier alpha value is -8.08. The molecule has 4 nitrogen and oxygen atoms in total. The molecular weight excluding hydrogens is 765 g/mol. The minimum Gasteiger partial charge on any atom is -0.309 e. The molecule has 0 amide bonds. The van der Waals surface area contributed by atoms with Crippen molar-refractivity contribution in [3.8, 4) is 22.5 Å². The van der Waals surface area contributed by atoms with Gasteiger partial charge < -0.3 is 9.13 Å². The van der Waals surface area contributed by atoms with Gasteiger partial charge in [-0.25, -0.2) is 9.97 Å². The molecule has 0 saturated carbocycles. The van der Waals surface area contributed by atoms with E-state index in [0.717, 1.165) is 67.1 Å². The standard InChI is InChI=1S/C59H38N4/c1-35-15-13-26-43-40-20-5-7-23-44(40)57-58(53(35)43)61-56-46-30-29-37(34-49(46)41-21-6-8-24-45(41)55(56)60-57)36-16-14-19-39(33-36)62-51-28-12-10-25-48(51)54-52(62)32-31-47-42-22-9-11-27-50(42)63(59(47)54)38-17-3-2-4-18-38/h2-14,16-35H,15H2,1H3. The van der Waals surface area contributed by atoms with Crippen molar-refractivity contribution in [2.45, 2.75) is 19.3 Å². The molecule has 14 rings (SSSR count). The van der Waals surface area contributed by atoms with Crippen molar-refractivity contribution in [1.82, 2.24) is 19.1 Å². The summed E-state index contributed by atoms with van der Waals surface area (Å²) in [5, 5.41) is 12.0. The third kappa shape index (κ3) is 4.81. The molecule has 0 spiro atoms. The monoisotopic (exact) mass is 802 g/mol. The predicted octanol–water partition coefficient (Wildman–Crippen LogP) is 15.6. The topological polar surface area (TPSA) is 35.6 Å². The highest BCUT2D eigenvalue weighted by molar-refractivity contribution is 6.27. The molecule has 0 aliphatic heterocycles. The summed E-state index contributed by atoms with van der Waals surface area (Å²) in [4.78, 5) is 11.2. The normalized spacial score (nSPS) is 14.1. The van der Waals surface area contributed by atoms with Crippen LogP contribution < -0.4 is 0 Å². The van der Waals surface area contributed by atoms with Crippen LogP contribution in [0.1, 0.15) is 30.4 Å². The highest BCUT2D eigenvalue weighted by Gasteiger charge is 2.24. The average molecular weight is 803 g/mol. The van der Waals surface area contributed by atoms with Gasteiger partial charge in [-0.3, -0.25) is 0 Å². The minimum atomic E-state index is 0.351. The van der Waals surface area contributed by atoms with Crippen molar-refractivity contribution in [3.05, 3.63) is 199 Å². The SMILES string of the molecule is CC1CC=Cc2c1c1nc3c4ccc(-c5cccc(-n6c7ccccc7c7c6ccc6c8ccccc8n(-c8ccccc8)c67)c5)cc4c4ccccc4c3nc1c1ccccc21. The molecule has 1 aliphatic rings. The van der Waals surface area contributed by atoms with E-state index in [0.29, 0.717) is 5.92 Å². The van der Waals surface area contributed by atoms with Crippen molar-refractivity contribution in [2.75, 3.05) is 0 Å². The fraction of sp³-hybridized carbons (Fsp3) is 0.0508. The van der Waals surface area contributed by atoms with E-state index in [1.54, 1.807) is 0 Å². The molecule has 0 radical (unpaired) electrons. The van der Waals surface area contributed by atoms with E-state index in [2.05, 4.69) is 210 Å². The maximum Gasteiger partial charge on any atom is 0.0979 e. The van der Waals surface area contributed by atoms with Crippen LogP contribution in [-0.4, -0.2) is 19.1 Å². The number of benzene rings is 10. The lowest BCUT2D eigenvalue weighted by Gasteiger charge is -2.22. The first-order valence-corrected chi connectivity index (χ1v) is 22.0. The fourth-order valence-electron chi connectivity index (χ4n) is 11.1. The van der Waals surface area contributed by atoms with E-state index >= 15 is 0 Å². The molecule has 1 aliphatic carbocycles. The van der Waals surface area contributed by atoms with Crippen molar-refractivity contribution in [1.29, 1.82) is 0 Å². The van der Waals surface area contributed by atoms with E-state index in [4.69, 9.17) is 9.97 Å². The summed E-state index contributed by atoms with van der Waals surface area (Å²) >= 11 is 0. The number of allylic oxidation sites excluding steroid dienone is 1. The molecular formula is C59H38N4. The Morgan fingerprint density at radius 3 is 1.81 bits per heavy atom. The zero-order valence-electron chi connectivity index (χ0n) is 34.5. The lowest BCUT2D eigenvalue weighted by atomic mass is 9.84. The largest absolute Gasteiger partial charge is 0.309 e. The van der Waals surface area contributed by atoms with Crippen molar-refractivity contribution < 1.29 is 0 Å². The van der Waals surface area contributed by atoms with Gasteiger partial charge in [0.1, 0.15) is 0 Å². The van der Waals surface area contributed by atoms with Gasteiger partial charge >= 0.3 is 0 Å². The number of fused-ring (bicyclic) bond motifs is 19. The van der Waals surface area contributed by atoms with Crippen molar-refractivity contribution in [3.63, 3.8) is 0 Å². The molecule has 13 aromatic rings. The summed E-state index contributed by atoms with van der Waals surface area (Å²) in [5.74, 6) is 0.351.